The summed E-state index contributed by atoms with van der Waals surface area (Å²) >= 11 is 1.49. The number of carbonyl (C=O) groups excluding carboxylic acids is 1. The number of hydrogen-bond donors (Lipinski definition) is 1. The lowest BCUT2D eigenvalue weighted by molar-refractivity contribution is -0.116. The maximum Gasteiger partial charge on any atom is 0.226 e. The highest BCUT2D eigenvalue weighted by Gasteiger charge is 2.11. The summed E-state index contributed by atoms with van der Waals surface area (Å²) in [5.41, 5.74) is 1.17. The second kappa shape index (κ2) is 9.45. The van der Waals surface area contributed by atoms with E-state index in [0.717, 1.165) is 17.0 Å². The molecule has 1 amide bonds. The van der Waals surface area contributed by atoms with Gasteiger partial charge in [-0.3, -0.25) is 4.79 Å². The quantitative estimate of drug-likeness (QED) is 0.579. The number of anilines is 1. The minimum absolute atomic E-state index is 0.0612. The second-order valence-electron chi connectivity index (χ2n) is 6.76. The van der Waals surface area contributed by atoms with Crippen molar-refractivity contribution in [1.29, 1.82) is 0 Å². The van der Waals surface area contributed by atoms with Gasteiger partial charge in [0.15, 0.2) is 11.0 Å². The van der Waals surface area contributed by atoms with E-state index in [0.29, 0.717) is 36.1 Å². The van der Waals surface area contributed by atoms with Crippen LogP contribution in [-0.2, 0) is 17.6 Å². The van der Waals surface area contributed by atoms with E-state index in [1.54, 1.807) is 13.3 Å². The smallest absolute Gasteiger partial charge is 0.226 e. The van der Waals surface area contributed by atoms with Gasteiger partial charge in [-0.05, 0) is 24.1 Å². The molecule has 0 aliphatic heterocycles. The molecule has 1 N–H and O–H groups in total. The lowest BCUT2D eigenvalue weighted by Crippen LogP contribution is -2.11. The maximum absolute atomic E-state index is 12.1. The van der Waals surface area contributed by atoms with Gasteiger partial charge in [-0.1, -0.05) is 31.1 Å². The Bertz CT molecular complexity index is 902. The molecule has 0 spiro atoms. The Balaban J connectivity index is 1.44. The summed E-state index contributed by atoms with van der Waals surface area (Å²) in [7, 11) is 1.65. The topological polar surface area (TPSA) is 90.1 Å². The molecule has 0 fully saturated rings. The molecule has 0 saturated heterocycles. The van der Waals surface area contributed by atoms with Crippen LogP contribution in [0, 0.1) is 0 Å². The van der Waals surface area contributed by atoms with Crippen molar-refractivity contribution in [2.45, 2.75) is 45.4 Å². The zero-order chi connectivity index (χ0) is 19.9. The molecule has 0 atom stereocenters. The Hall–Kier alpha value is -2.74. The van der Waals surface area contributed by atoms with Gasteiger partial charge in [0.05, 0.1) is 7.11 Å². The fourth-order valence-corrected chi connectivity index (χ4v) is 3.44. The molecule has 0 aliphatic carbocycles. The molecule has 0 unspecified atom stereocenters. The van der Waals surface area contributed by atoms with Crippen LogP contribution in [0.2, 0.25) is 0 Å². The predicted octanol–water partition coefficient (Wildman–Crippen LogP) is 4.21. The number of aromatic nitrogens is 3. The highest BCUT2D eigenvalue weighted by molar-refractivity contribution is 7.15. The van der Waals surface area contributed by atoms with Crippen molar-refractivity contribution >= 4 is 22.4 Å². The van der Waals surface area contributed by atoms with E-state index in [4.69, 9.17) is 9.26 Å². The molecular formula is C20H24N4O3S. The van der Waals surface area contributed by atoms with Gasteiger partial charge >= 0.3 is 0 Å². The number of rotatable bonds is 9. The Labute approximate surface area is 168 Å². The van der Waals surface area contributed by atoms with E-state index in [-0.39, 0.29) is 11.8 Å². The minimum atomic E-state index is -0.0612. The highest BCUT2D eigenvalue weighted by atomic mass is 32.1. The zero-order valence-electron chi connectivity index (χ0n) is 16.3. The molecule has 3 aromatic rings. The van der Waals surface area contributed by atoms with Gasteiger partial charge in [0.25, 0.3) is 0 Å². The number of benzene rings is 1. The van der Waals surface area contributed by atoms with Crippen LogP contribution < -0.4 is 10.1 Å². The van der Waals surface area contributed by atoms with E-state index in [1.165, 1.54) is 16.9 Å². The van der Waals surface area contributed by atoms with Crippen molar-refractivity contribution < 1.29 is 14.1 Å². The molecule has 0 saturated carbocycles. The Morgan fingerprint density at radius 2 is 2.07 bits per heavy atom. The fraction of sp³-hybridized carbons (Fsp3) is 0.400. The van der Waals surface area contributed by atoms with Crippen molar-refractivity contribution in [1.82, 2.24) is 15.1 Å². The molecule has 3 rings (SSSR count). The molecular weight excluding hydrogens is 376 g/mol. The largest absolute Gasteiger partial charge is 0.497 e. The van der Waals surface area contributed by atoms with E-state index in [9.17, 15) is 4.79 Å². The van der Waals surface area contributed by atoms with Crippen LogP contribution in [0.25, 0.3) is 0 Å². The van der Waals surface area contributed by atoms with Gasteiger partial charge in [0, 0.05) is 36.3 Å². The van der Waals surface area contributed by atoms with Gasteiger partial charge in [0.2, 0.25) is 11.8 Å². The van der Waals surface area contributed by atoms with Gasteiger partial charge in [-0.2, -0.15) is 4.98 Å². The normalized spacial score (nSPS) is 11.0. The Morgan fingerprint density at radius 1 is 1.29 bits per heavy atom. The Kier molecular flexibility index (Phi) is 6.76. The standard InChI is InChI=1S/C20H24N4O3S/c1-13(2)19-23-18(27-24-19)6-4-5-17(25)22-20-21-12-16(28-20)11-14-7-9-15(26-3)10-8-14/h7-10,12-13H,4-6,11H2,1-3H3,(H,21,22,25). The van der Waals surface area contributed by atoms with Crippen LogP contribution in [0.5, 0.6) is 5.75 Å². The lowest BCUT2D eigenvalue weighted by Gasteiger charge is -2.02. The molecule has 8 heteroatoms. The predicted molar refractivity (Wildman–Crippen MR) is 108 cm³/mol. The molecule has 2 aromatic heterocycles. The summed E-state index contributed by atoms with van der Waals surface area (Å²) in [4.78, 5) is 21.8. The summed E-state index contributed by atoms with van der Waals surface area (Å²) < 4.78 is 10.4. The van der Waals surface area contributed by atoms with E-state index >= 15 is 0 Å². The highest BCUT2D eigenvalue weighted by Crippen LogP contribution is 2.22. The molecule has 7 nitrogen and oxygen atoms in total. The second-order valence-corrected chi connectivity index (χ2v) is 7.87. The summed E-state index contributed by atoms with van der Waals surface area (Å²) in [5.74, 6) is 2.29. The third kappa shape index (κ3) is 5.63. The number of amides is 1. The zero-order valence-corrected chi connectivity index (χ0v) is 17.1. The molecule has 148 valence electrons. The minimum Gasteiger partial charge on any atom is -0.497 e. The van der Waals surface area contributed by atoms with Gasteiger partial charge in [-0.15, -0.1) is 11.3 Å². The number of nitrogens with zero attached hydrogens (tertiary/aromatic N) is 3. The maximum atomic E-state index is 12.1. The average molecular weight is 401 g/mol. The molecule has 28 heavy (non-hydrogen) atoms. The van der Waals surface area contributed by atoms with Crippen molar-refractivity contribution in [2.24, 2.45) is 0 Å². The number of hydrogen-bond acceptors (Lipinski definition) is 7. The first-order valence-corrected chi connectivity index (χ1v) is 10.0. The lowest BCUT2D eigenvalue weighted by atomic mass is 10.1. The van der Waals surface area contributed by atoms with Crippen LogP contribution in [0.15, 0.2) is 35.0 Å². The summed E-state index contributed by atoms with van der Waals surface area (Å²) in [6.07, 6.45) is 4.19. The first kappa shape index (κ1) is 20.0. The van der Waals surface area contributed by atoms with Crippen molar-refractivity contribution in [3.63, 3.8) is 0 Å². The third-order valence-corrected chi connectivity index (χ3v) is 5.04. The average Bonchev–Trinajstić information content (AvgIpc) is 3.32. The number of aryl methyl sites for hydroxylation is 1. The van der Waals surface area contributed by atoms with Crippen molar-refractivity contribution in [3.05, 3.63) is 52.6 Å². The van der Waals surface area contributed by atoms with Crippen LogP contribution in [0.4, 0.5) is 5.13 Å². The van der Waals surface area contributed by atoms with E-state index < -0.39 is 0 Å². The molecule has 0 aliphatic rings. The Morgan fingerprint density at radius 3 is 2.75 bits per heavy atom. The number of carbonyl (C=O) groups is 1. The van der Waals surface area contributed by atoms with Crippen LogP contribution in [-0.4, -0.2) is 28.1 Å². The first-order chi connectivity index (χ1) is 13.5. The third-order valence-electron chi connectivity index (χ3n) is 4.13. The van der Waals surface area contributed by atoms with Gasteiger partial charge in [-0.25, -0.2) is 4.98 Å². The monoisotopic (exact) mass is 400 g/mol. The fourth-order valence-electron chi connectivity index (χ4n) is 2.58. The summed E-state index contributed by atoms with van der Waals surface area (Å²) in [6, 6.07) is 7.93. The molecule has 0 radical (unpaired) electrons. The number of thiazole rings is 1. The molecule has 1 aromatic carbocycles. The van der Waals surface area contributed by atoms with Crippen molar-refractivity contribution in [3.8, 4) is 5.75 Å². The van der Waals surface area contributed by atoms with Crippen molar-refractivity contribution in [2.75, 3.05) is 12.4 Å². The van der Waals surface area contributed by atoms with Crippen LogP contribution in [0.1, 0.15) is 54.8 Å². The van der Waals surface area contributed by atoms with Crippen LogP contribution >= 0.6 is 11.3 Å². The number of methoxy groups -OCH3 is 1. The molecule has 0 bridgehead atoms. The van der Waals surface area contributed by atoms with Crippen LogP contribution in [0.3, 0.4) is 0 Å². The SMILES string of the molecule is COc1ccc(Cc2cnc(NC(=O)CCCc3nc(C(C)C)no3)s2)cc1. The van der Waals surface area contributed by atoms with Gasteiger partial charge in [0.1, 0.15) is 5.75 Å². The molecule has 2 heterocycles. The number of ether oxygens (including phenoxy) is 1. The first-order valence-electron chi connectivity index (χ1n) is 9.23. The van der Waals surface area contributed by atoms with E-state index in [1.807, 2.05) is 38.1 Å². The summed E-state index contributed by atoms with van der Waals surface area (Å²) in [5, 5.41) is 7.40. The summed E-state index contributed by atoms with van der Waals surface area (Å²) in [6.45, 7) is 4.03. The van der Waals surface area contributed by atoms with E-state index in [2.05, 4.69) is 20.4 Å². The van der Waals surface area contributed by atoms with Gasteiger partial charge < -0.3 is 14.6 Å². The number of nitrogens with one attached hydrogen (secondary N) is 1.